The van der Waals surface area contributed by atoms with Gasteiger partial charge >= 0.3 is 0 Å². The molecule has 0 saturated heterocycles. The van der Waals surface area contributed by atoms with Crippen molar-refractivity contribution < 1.29 is 0 Å². The van der Waals surface area contributed by atoms with Crippen LogP contribution in [0.1, 0.15) is 0 Å². The highest BCUT2D eigenvalue weighted by Crippen LogP contribution is 2.33. The Balaban J connectivity index is 1.48. The molecular weight excluding hydrogens is 412 g/mol. The highest BCUT2D eigenvalue weighted by atomic mass is 15.2. The lowest BCUT2D eigenvalue weighted by Gasteiger charge is -2.12. The van der Waals surface area contributed by atoms with Gasteiger partial charge in [-0.25, -0.2) is 4.98 Å². The highest BCUT2D eigenvalue weighted by molar-refractivity contribution is 5.99. The molecule has 0 fully saturated rings. The van der Waals surface area contributed by atoms with Crippen LogP contribution in [-0.2, 0) is 0 Å². The Bertz CT molecular complexity index is 1600. The second kappa shape index (κ2) is 7.52. The second-order valence-electron chi connectivity index (χ2n) is 8.04. The van der Waals surface area contributed by atoms with Gasteiger partial charge in [-0.3, -0.25) is 20.1 Å². The van der Waals surface area contributed by atoms with Crippen molar-refractivity contribution in [2.45, 2.75) is 0 Å². The Hall–Kier alpha value is -4.59. The summed E-state index contributed by atoms with van der Waals surface area (Å²) >= 11 is 0. The van der Waals surface area contributed by atoms with Crippen molar-refractivity contribution in [3.05, 3.63) is 73.4 Å². The fourth-order valence-corrected chi connectivity index (χ4v) is 3.99. The number of nitrogens with zero attached hydrogens (tertiary/aromatic N) is 6. The molecule has 33 heavy (non-hydrogen) atoms. The van der Waals surface area contributed by atoms with Crippen LogP contribution in [0.3, 0.4) is 0 Å². The zero-order chi connectivity index (χ0) is 22.4. The van der Waals surface area contributed by atoms with Crippen LogP contribution < -0.4 is 4.90 Å². The molecule has 0 unspecified atom stereocenters. The summed E-state index contributed by atoms with van der Waals surface area (Å²) in [6.07, 6.45) is 9.10. The zero-order valence-electron chi connectivity index (χ0n) is 18.1. The van der Waals surface area contributed by atoms with Crippen LogP contribution in [0.4, 0.5) is 5.69 Å². The zero-order valence-corrected chi connectivity index (χ0v) is 18.1. The molecule has 0 amide bonds. The van der Waals surface area contributed by atoms with Gasteiger partial charge in [0, 0.05) is 66.3 Å². The quantitative estimate of drug-likeness (QED) is 0.419. The number of hydrogen-bond acceptors (Lipinski definition) is 6. The first-order valence-corrected chi connectivity index (χ1v) is 10.5. The van der Waals surface area contributed by atoms with E-state index in [-0.39, 0.29) is 0 Å². The maximum Gasteiger partial charge on any atom is 0.181 e. The van der Waals surface area contributed by atoms with Gasteiger partial charge in [-0.15, -0.1) is 0 Å². The maximum absolute atomic E-state index is 4.58. The Kier molecular flexibility index (Phi) is 4.36. The number of nitrogens with one attached hydrogen (secondary N) is 2. The SMILES string of the molecule is CN(C)c1cncc(-c2cnc3n[nH]c(-c4cc5c(-c6ccccn6)nccc5[nH]4)c3c2)c1. The van der Waals surface area contributed by atoms with Crippen molar-refractivity contribution in [2.75, 3.05) is 19.0 Å². The monoisotopic (exact) mass is 432 g/mol. The molecule has 0 aliphatic rings. The van der Waals surface area contributed by atoms with Gasteiger partial charge < -0.3 is 9.88 Å². The van der Waals surface area contributed by atoms with E-state index in [2.05, 4.69) is 53.3 Å². The number of H-pyrrole nitrogens is 2. The van der Waals surface area contributed by atoms with E-state index in [0.717, 1.165) is 55.9 Å². The van der Waals surface area contributed by atoms with Gasteiger partial charge in [0.1, 0.15) is 0 Å². The molecule has 2 N–H and O–H groups in total. The minimum Gasteiger partial charge on any atom is -0.376 e. The van der Waals surface area contributed by atoms with Gasteiger partial charge in [0.25, 0.3) is 0 Å². The second-order valence-corrected chi connectivity index (χ2v) is 8.04. The standard InChI is InChI=1S/C25H20N8/c1-33(2)17-9-15(12-26-14-17)16-10-19-24(31-32-25(19)29-13-16)22-11-18-20(30-22)6-8-28-23(18)21-5-3-4-7-27-21/h3-14,30H,1-2H3,(H,29,31,32). The fraction of sp³-hybridized carbons (Fsp3) is 0.0800. The van der Waals surface area contributed by atoms with E-state index in [4.69, 9.17) is 0 Å². The normalized spacial score (nSPS) is 11.3. The molecule has 0 aliphatic heterocycles. The molecule has 0 saturated carbocycles. The fourth-order valence-electron chi connectivity index (χ4n) is 3.99. The van der Waals surface area contributed by atoms with Crippen molar-refractivity contribution >= 4 is 27.6 Å². The average Bonchev–Trinajstić information content (AvgIpc) is 3.48. The Morgan fingerprint density at radius 3 is 2.58 bits per heavy atom. The third-order valence-corrected chi connectivity index (χ3v) is 5.71. The van der Waals surface area contributed by atoms with Gasteiger partial charge in [-0.1, -0.05) is 6.07 Å². The van der Waals surface area contributed by atoms with Crippen molar-refractivity contribution in [3.63, 3.8) is 0 Å². The predicted octanol–water partition coefficient (Wildman–Crippen LogP) is 4.69. The Morgan fingerprint density at radius 1 is 0.818 bits per heavy atom. The van der Waals surface area contributed by atoms with Gasteiger partial charge in [0.2, 0.25) is 0 Å². The minimum atomic E-state index is 0.659. The van der Waals surface area contributed by atoms with Gasteiger partial charge in [0.15, 0.2) is 5.65 Å². The molecule has 6 aromatic rings. The first-order chi connectivity index (χ1) is 16.2. The van der Waals surface area contributed by atoms with Crippen molar-refractivity contribution in [3.8, 4) is 33.9 Å². The molecule has 6 heterocycles. The summed E-state index contributed by atoms with van der Waals surface area (Å²) in [6, 6.07) is 14.1. The van der Waals surface area contributed by atoms with E-state index < -0.39 is 0 Å². The number of fused-ring (bicyclic) bond motifs is 2. The number of pyridine rings is 4. The molecule has 0 spiro atoms. The molecule has 0 aliphatic carbocycles. The summed E-state index contributed by atoms with van der Waals surface area (Å²) in [5, 5.41) is 9.51. The summed E-state index contributed by atoms with van der Waals surface area (Å²) in [4.78, 5) is 23.5. The number of hydrogen-bond donors (Lipinski definition) is 2. The Morgan fingerprint density at radius 2 is 1.73 bits per heavy atom. The first kappa shape index (κ1) is 19.1. The summed E-state index contributed by atoms with van der Waals surface area (Å²) in [5.74, 6) is 0. The molecular formula is C25H20N8. The van der Waals surface area contributed by atoms with E-state index in [1.165, 1.54) is 0 Å². The van der Waals surface area contributed by atoms with Crippen LogP contribution in [0.2, 0.25) is 0 Å². The largest absolute Gasteiger partial charge is 0.376 e. The Labute approximate surface area is 189 Å². The summed E-state index contributed by atoms with van der Waals surface area (Å²) in [6.45, 7) is 0. The first-order valence-electron chi connectivity index (χ1n) is 10.5. The lowest BCUT2D eigenvalue weighted by molar-refractivity contribution is 1.10. The molecule has 8 heteroatoms. The maximum atomic E-state index is 4.58. The smallest absolute Gasteiger partial charge is 0.181 e. The molecule has 6 aromatic heterocycles. The van der Waals surface area contributed by atoms with Crippen LogP contribution in [0, 0.1) is 0 Å². The summed E-state index contributed by atoms with van der Waals surface area (Å²) in [5.41, 5.74) is 8.11. The molecule has 0 radical (unpaired) electrons. The number of aromatic nitrogens is 7. The van der Waals surface area contributed by atoms with Gasteiger partial charge in [-0.2, -0.15) is 5.10 Å². The third-order valence-electron chi connectivity index (χ3n) is 5.71. The lowest BCUT2D eigenvalue weighted by atomic mass is 10.1. The third kappa shape index (κ3) is 3.28. The van der Waals surface area contributed by atoms with E-state index in [9.17, 15) is 0 Å². The van der Waals surface area contributed by atoms with Crippen LogP contribution in [0.15, 0.2) is 73.4 Å². The van der Waals surface area contributed by atoms with Gasteiger partial charge in [-0.05, 0) is 36.4 Å². The number of anilines is 1. The number of rotatable bonds is 4. The predicted molar refractivity (Wildman–Crippen MR) is 130 cm³/mol. The summed E-state index contributed by atoms with van der Waals surface area (Å²) < 4.78 is 0. The lowest BCUT2D eigenvalue weighted by Crippen LogP contribution is -2.08. The van der Waals surface area contributed by atoms with Crippen molar-refractivity contribution in [1.82, 2.24) is 35.1 Å². The van der Waals surface area contributed by atoms with Crippen LogP contribution in [-0.4, -0.2) is 49.2 Å². The van der Waals surface area contributed by atoms with E-state index in [1.807, 2.05) is 61.9 Å². The van der Waals surface area contributed by atoms with Crippen molar-refractivity contribution in [2.24, 2.45) is 0 Å². The topological polar surface area (TPSA) is 99.3 Å². The molecule has 6 rings (SSSR count). The summed E-state index contributed by atoms with van der Waals surface area (Å²) in [7, 11) is 4.00. The molecule has 160 valence electrons. The van der Waals surface area contributed by atoms with Crippen LogP contribution in [0.25, 0.3) is 55.8 Å². The van der Waals surface area contributed by atoms with Crippen LogP contribution >= 0.6 is 0 Å². The van der Waals surface area contributed by atoms with Crippen LogP contribution in [0.5, 0.6) is 0 Å². The molecule has 8 nitrogen and oxygen atoms in total. The molecule has 0 atom stereocenters. The highest BCUT2D eigenvalue weighted by Gasteiger charge is 2.15. The molecule has 0 bridgehead atoms. The van der Waals surface area contributed by atoms with Crippen molar-refractivity contribution in [1.29, 1.82) is 0 Å². The average molecular weight is 432 g/mol. The minimum absolute atomic E-state index is 0.659. The van der Waals surface area contributed by atoms with Gasteiger partial charge in [0.05, 0.1) is 34.7 Å². The van der Waals surface area contributed by atoms with E-state index >= 15 is 0 Å². The number of aromatic amines is 2. The van der Waals surface area contributed by atoms with E-state index in [1.54, 1.807) is 12.4 Å². The van der Waals surface area contributed by atoms with E-state index in [0.29, 0.717) is 5.65 Å². The molecule has 0 aromatic carbocycles.